The first kappa shape index (κ1) is 19.3. The molecule has 0 aromatic carbocycles. The lowest BCUT2D eigenvalue weighted by Crippen LogP contribution is -2.51. The van der Waals surface area contributed by atoms with Gasteiger partial charge < -0.3 is 9.80 Å². The number of amides is 3. The van der Waals surface area contributed by atoms with Gasteiger partial charge in [-0.1, -0.05) is 0 Å². The molecule has 4 rings (SSSR count). The van der Waals surface area contributed by atoms with E-state index >= 15 is 0 Å². The number of hydrogen-bond donors (Lipinski definition) is 0. The normalized spacial score (nSPS) is 21.0. The zero-order chi connectivity index (χ0) is 19.5. The topological polar surface area (TPSA) is 77.1 Å². The Morgan fingerprint density at radius 1 is 0.929 bits per heavy atom. The van der Waals surface area contributed by atoms with E-state index < -0.39 is 0 Å². The highest BCUT2D eigenvalue weighted by atomic mass is 32.1. The van der Waals surface area contributed by atoms with Crippen LogP contribution in [0.25, 0.3) is 0 Å². The van der Waals surface area contributed by atoms with Crippen molar-refractivity contribution in [1.29, 1.82) is 0 Å². The van der Waals surface area contributed by atoms with E-state index in [1.54, 1.807) is 4.90 Å². The molecular weight excluding hydrogens is 378 g/mol. The summed E-state index contributed by atoms with van der Waals surface area (Å²) in [5.74, 6) is 0.394. The Bertz CT molecular complexity index is 738. The number of thiazole rings is 1. The monoisotopic (exact) mass is 405 g/mol. The second-order valence-corrected chi connectivity index (χ2v) is 8.53. The second-order valence-electron chi connectivity index (χ2n) is 7.69. The first-order valence-electron chi connectivity index (χ1n) is 10.1. The van der Waals surface area contributed by atoms with Crippen LogP contribution in [0.3, 0.4) is 0 Å². The maximum atomic E-state index is 12.6. The minimum Gasteiger partial charge on any atom is -0.342 e. The van der Waals surface area contributed by atoms with Crippen molar-refractivity contribution in [1.82, 2.24) is 19.7 Å². The van der Waals surface area contributed by atoms with Crippen LogP contribution < -0.4 is 4.90 Å². The Balaban J connectivity index is 1.23. The summed E-state index contributed by atoms with van der Waals surface area (Å²) in [5.41, 5.74) is 0.733. The highest BCUT2D eigenvalue weighted by Gasteiger charge is 2.27. The van der Waals surface area contributed by atoms with Gasteiger partial charge in [0.1, 0.15) is 0 Å². The molecule has 0 saturated carbocycles. The Kier molecular flexibility index (Phi) is 5.91. The van der Waals surface area contributed by atoms with Gasteiger partial charge in [-0.25, -0.2) is 4.98 Å². The van der Waals surface area contributed by atoms with Gasteiger partial charge in [0, 0.05) is 57.6 Å². The van der Waals surface area contributed by atoms with Crippen LogP contribution in [0.2, 0.25) is 0 Å². The second kappa shape index (κ2) is 8.57. The molecule has 0 aliphatic carbocycles. The van der Waals surface area contributed by atoms with Gasteiger partial charge in [-0.2, -0.15) is 0 Å². The average molecular weight is 406 g/mol. The van der Waals surface area contributed by atoms with Crippen molar-refractivity contribution in [2.24, 2.45) is 0 Å². The summed E-state index contributed by atoms with van der Waals surface area (Å²) >= 11 is 1.43. The molecule has 3 amide bonds. The molecule has 28 heavy (non-hydrogen) atoms. The molecule has 1 aromatic heterocycles. The standard InChI is InChI=1S/C19H27N5O3S/c25-16-4-3-7-24(16)19-20-15(14-28-19)12-17(26)23-10-8-21(9-11-23)13-18(27)22-5-1-2-6-22/h14H,1-13H2. The van der Waals surface area contributed by atoms with E-state index in [2.05, 4.69) is 9.88 Å². The molecule has 0 N–H and O–H groups in total. The molecule has 0 atom stereocenters. The van der Waals surface area contributed by atoms with E-state index in [0.29, 0.717) is 31.2 Å². The summed E-state index contributed by atoms with van der Waals surface area (Å²) in [6.45, 7) is 5.71. The highest BCUT2D eigenvalue weighted by Crippen LogP contribution is 2.25. The van der Waals surface area contributed by atoms with E-state index in [1.165, 1.54) is 11.3 Å². The number of likely N-dealkylation sites (tertiary alicyclic amines) is 1. The molecule has 8 nitrogen and oxygen atoms in total. The van der Waals surface area contributed by atoms with Gasteiger partial charge >= 0.3 is 0 Å². The smallest absolute Gasteiger partial charge is 0.236 e. The number of piperazine rings is 1. The van der Waals surface area contributed by atoms with Gasteiger partial charge in [-0.05, 0) is 19.3 Å². The zero-order valence-corrected chi connectivity index (χ0v) is 17.0. The van der Waals surface area contributed by atoms with Crippen molar-refractivity contribution in [3.63, 3.8) is 0 Å². The molecule has 9 heteroatoms. The highest BCUT2D eigenvalue weighted by molar-refractivity contribution is 7.14. The summed E-state index contributed by atoms with van der Waals surface area (Å²) in [4.78, 5) is 48.9. The minimum absolute atomic E-state index is 0.0649. The molecule has 152 valence electrons. The molecular formula is C19H27N5O3S. The SMILES string of the molecule is O=C(Cc1csc(N2CCCC2=O)n1)N1CCN(CC(=O)N2CCCC2)CC1. The molecule has 3 saturated heterocycles. The van der Waals surface area contributed by atoms with Gasteiger partial charge in [-0.15, -0.1) is 11.3 Å². The van der Waals surface area contributed by atoms with Crippen molar-refractivity contribution in [3.05, 3.63) is 11.1 Å². The van der Waals surface area contributed by atoms with Crippen LogP contribution in [0, 0.1) is 0 Å². The summed E-state index contributed by atoms with van der Waals surface area (Å²) in [7, 11) is 0. The van der Waals surface area contributed by atoms with Gasteiger partial charge in [0.15, 0.2) is 5.13 Å². The van der Waals surface area contributed by atoms with Crippen LogP contribution >= 0.6 is 11.3 Å². The quantitative estimate of drug-likeness (QED) is 0.716. The van der Waals surface area contributed by atoms with Gasteiger partial charge in [-0.3, -0.25) is 24.2 Å². The van der Waals surface area contributed by atoms with Crippen molar-refractivity contribution in [2.75, 3.05) is 57.3 Å². The Hall–Kier alpha value is -2.00. The summed E-state index contributed by atoms with van der Waals surface area (Å²) in [6, 6.07) is 0. The minimum atomic E-state index is 0.0649. The molecule has 0 bridgehead atoms. The van der Waals surface area contributed by atoms with Crippen LogP contribution in [0.4, 0.5) is 5.13 Å². The molecule has 1 aromatic rings. The van der Waals surface area contributed by atoms with Crippen LogP contribution in [0.5, 0.6) is 0 Å². The van der Waals surface area contributed by atoms with Crippen molar-refractivity contribution >= 4 is 34.2 Å². The van der Waals surface area contributed by atoms with Crippen molar-refractivity contribution in [2.45, 2.75) is 32.1 Å². The number of carbonyl (C=O) groups is 3. The fourth-order valence-corrected chi connectivity index (χ4v) is 4.90. The fraction of sp³-hybridized carbons (Fsp3) is 0.684. The Morgan fingerprint density at radius 2 is 1.64 bits per heavy atom. The number of carbonyl (C=O) groups excluding carboxylic acids is 3. The zero-order valence-electron chi connectivity index (χ0n) is 16.1. The molecule has 3 fully saturated rings. The molecule has 0 spiro atoms. The average Bonchev–Trinajstić information content (AvgIpc) is 3.44. The Labute approximate surface area is 169 Å². The maximum Gasteiger partial charge on any atom is 0.236 e. The Morgan fingerprint density at radius 3 is 2.32 bits per heavy atom. The predicted octanol–water partition coefficient (Wildman–Crippen LogP) is 0.579. The van der Waals surface area contributed by atoms with Crippen molar-refractivity contribution < 1.29 is 14.4 Å². The van der Waals surface area contributed by atoms with Crippen molar-refractivity contribution in [3.8, 4) is 0 Å². The third-order valence-corrected chi connectivity index (χ3v) is 6.63. The lowest BCUT2D eigenvalue weighted by Gasteiger charge is -2.35. The first-order chi connectivity index (χ1) is 13.6. The lowest BCUT2D eigenvalue weighted by atomic mass is 10.2. The van der Waals surface area contributed by atoms with Crippen LogP contribution in [0.15, 0.2) is 5.38 Å². The lowest BCUT2D eigenvalue weighted by molar-refractivity contribution is -0.134. The van der Waals surface area contributed by atoms with E-state index in [4.69, 9.17) is 0 Å². The largest absolute Gasteiger partial charge is 0.342 e. The molecule has 4 heterocycles. The molecule has 0 radical (unpaired) electrons. The molecule has 0 unspecified atom stereocenters. The maximum absolute atomic E-state index is 12.6. The number of anilines is 1. The first-order valence-corrected chi connectivity index (χ1v) is 11.0. The van der Waals surface area contributed by atoms with Crippen LogP contribution in [0.1, 0.15) is 31.4 Å². The van der Waals surface area contributed by atoms with Gasteiger partial charge in [0.05, 0.1) is 18.7 Å². The summed E-state index contributed by atoms with van der Waals surface area (Å²) in [5, 5.41) is 2.58. The van der Waals surface area contributed by atoms with Crippen LogP contribution in [-0.4, -0.2) is 89.8 Å². The van der Waals surface area contributed by atoms with E-state index in [1.807, 2.05) is 15.2 Å². The third kappa shape index (κ3) is 4.35. The van der Waals surface area contributed by atoms with E-state index in [9.17, 15) is 14.4 Å². The number of nitrogens with zero attached hydrogens (tertiary/aromatic N) is 5. The summed E-state index contributed by atoms with van der Waals surface area (Å²) in [6.07, 6.45) is 3.94. The number of rotatable bonds is 5. The molecule has 3 aliphatic heterocycles. The number of aromatic nitrogens is 1. The van der Waals surface area contributed by atoms with Gasteiger partial charge in [0.25, 0.3) is 0 Å². The van der Waals surface area contributed by atoms with E-state index in [0.717, 1.165) is 57.7 Å². The number of hydrogen-bond acceptors (Lipinski definition) is 6. The molecule has 3 aliphatic rings. The third-order valence-electron chi connectivity index (χ3n) is 5.72. The summed E-state index contributed by atoms with van der Waals surface area (Å²) < 4.78 is 0. The van der Waals surface area contributed by atoms with Crippen LogP contribution in [-0.2, 0) is 20.8 Å². The van der Waals surface area contributed by atoms with E-state index in [-0.39, 0.29) is 24.1 Å². The predicted molar refractivity (Wildman–Crippen MR) is 106 cm³/mol. The van der Waals surface area contributed by atoms with Gasteiger partial charge in [0.2, 0.25) is 17.7 Å². The fourth-order valence-electron chi connectivity index (χ4n) is 4.03.